The Morgan fingerprint density at radius 3 is 2.17 bits per heavy atom. The van der Waals surface area contributed by atoms with E-state index in [0.717, 1.165) is 5.56 Å². The quantitative estimate of drug-likeness (QED) is 0.830. The van der Waals surface area contributed by atoms with Gasteiger partial charge >= 0.3 is 0 Å². The standard InChI is InChI=1S/C19H23N3O2/c1-19(2,3)15-4-6-16(7-5-15)22-18(24)12-17(23)21-13-14-8-10-20-11-9-14/h4-11H,12-13H2,1-3H3,(H,21,23)(H,22,24). The van der Waals surface area contributed by atoms with Gasteiger partial charge in [0.2, 0.25) is 11.8 Å². The Bertz CT molecular complexity index is 689. The van der Waals surface area contributed by atoms with Crippen LogP contribution in [-0.2, 0) is 21.5 Å². The van der Waals surface area contributed by atoms with Crippen LogP contribution in [0.5, 0.6) is 0 Å². The highest BCUT2D eigenvalue weighted by Crippen LogP contribution is 2.23. The Balaban J connectivity index is 1.81. The highest BCUT2D eigenvalue weighted by atomic mass is 16.2. The molecule has 2 rings (SSSR count). The fourth-order valence-electron chi connectivity index (χ4n) is 2.17. The first kappa shape index (κ1) is 17.7. The zero-order valence-electron chi connectivity index (χ0n) is 14.3. The van der Waals surface area contributed by atoms with Gasteiger partial charge in [0.05, 0.1) is 0 Å². The molecule has 5 nitrogen and oxygen atoms in total. The van der Waals surface area contributed by atoms with Crippen LogP contribution in [0.4, 0.5) is 5.69 Å². The molecule has 0 spiro atoms. The Kier molecular flexibility index (Phi) is 5.68. The van der Waals surface area contributed by atoms with Gasteiger partial charge in [-0.05, 0) is 40.8 Å². The molecule has 0 aliphatic heterocycles. The van der Waals surface area contributed by atoms with Gasteiger partial charge in [-0.1, -0.05) is 32.9 Å². The average Bonchev–Trinajstić information content (AvgIpc) is 2.53. The number of amides is 2. The van der Waals surface area contributed by atoms with E-state index in [1.165, 1.54) is 5.56 Å². The number of hydrogen-bond acceptors (Lipinski definition) is 3. The van der Waals surface area contributed by atoms with Crippen molar-refractivity contribution in [2.45, 2.75) is 39.2 Å². The van der Waals surface area contributed by atoms with Crippen molar-refractivity contribution in [2.75, 3.05) is 5.32 Å². The molecular formula is C19H23N3O2. The lowest BCUT2D eigenvalue weighted by atomic mass is 9.87. The molecule has 0 unspecified atom stereocenters. The third-order valence-electron chi connectivity index (χ3n) is 3.59. The molecule has 1 aromatic heterocycles. The number of pyridine rings is 1. The third-order valence-corrected chi connectivity index (χ3v) is 3.59. The summed E-state index contributed by atoms with van der Waals surface area (Å²) in [5.74, 6) is -0.638. The lowest BCUT2D eigenvalue weighted by Gasteiger charge is -2.19. The Hall–Kier alpha value is -2.69. The van der Waals surface area contributed by atoms with Crippen LogP contribution in [-0.4, -0.2) is 16.8 Å². The summed E-state index contributed by atoms with van der Waals surface area (Å²) in [6.45, 7) is 6.78. The van der Waals surface area contributed by atoms with E-state index in [9.17, 15) is 9.59 Å². The van der Waals surface area contributed by atoms with Gasteiger partial charge in [0, 0.05) is 24.6 Å². The van der Waals surface area contributed by atoms with Crippen molar-refractivity contribution < 1.29 is 9.59 Å². The molecule has 2 N–H and O–H groups in total. The number of rotatable bonds is 5. The molecule has 2 amide bonds. The molecule has 0 aliphatic rings. The number of aromatic nitrogens is 1. The molecule has 0 radical (unpaired) electrons. The second-order valence-electron chi connectivity index (χ2n) is 6.68. The Morgan fingerprint density at radius 2 is 1.58 bits per heavy atom. The largest absolute Gasteiger partial charge is 0.352 e. The molecule has 0 saturated heterocycles. The highest BCUT2D eigenvalue weighted by molar-refractivity contribution is 6.03. The smallest absolute Gasteiger partial charge is 0.233 e. The molecule has 126 valence electrons. The summed E-state index contributed by atoms with van der Waals surface area (Å²) in [7, 11) is 0. The maximum Gasteiger partial charge on any atom is 0.233 e. The Labute approximate surface area is 142 Å². The minimum Gasteiger partial charge on any atom is -0.352 e. The van der Waals surface area contributed by atoms with Gasteiger partial charge in [-0.2, -0.15) is 0 Å². The lowest BCUT2D eigenvalue weighted by molar-refractivity contribution is -0.126. The molecule has 0 atom stereocenters. The van der Waals surface area contributed by atoms with Gasteiger partial charge in [0.1, 0.15) is 6.42 Å². The monoisotopic (exact) mass is 325 g/mol. The summed E-state index contributed by atoms with van der Waals surface area (Å²) in [6, 6.07) is 11.3. The van der Waals surface area contributed by atoms with Crippen LogP contribution in [0.2, 0.25) is 0 Å². The average molecular weight is 325 g/mol. The summed E-state index contributed by atoms with van der Waals surface area (Å²) in [4.78, 5) is 27.7. The van der Waals surface area contributed by atoms with Crippen LogP contribution in [0.3, 0.4) is 0 Å². The third kappa shape index (κ3) is 5.50. The number of nitrogens with zero attached hydrogens (tertiary/aromatic N) is 1. The van der Waals surface area contributed by atoms with E-state index in [4.69, 9.17) is 0 Å². The van der Waals surface area contributed by atoms with E-state index in [2.05, 4.69) is 36.4 Å². The van der Waals surface area contributed by atoms with Crippen LogP contribution < -0.4 is 10.6 Å². The van der Waals surface area contributed by atoms with Crippen LogP contribution >= 0.6 is 0 Å². The molecule has 24 heavy (non-hydrogen) atoms. The summed E-state index contributed by atoms with van der Waals surface area (Å²) in [5, 5.41) is 5.46. The van der Waals surface area contributed by atoms with E-state index in [-0.39, 0.29) is 23.7 Å². The van der Waals surface area contributed by atoms with Crippen LogP contribution in [0, 0.1) is 0 Å². The van der Waals surface area contributed by atoms with Gasteiger partial charge in [-0.25, -0.2) is 0 Å². The molecule has 5 heteroatoms. The lowest BCUT2D eigenvalue weighted by Crippen LogP contribution is -2.27. The zero-order valence-corrected chi connectivity index (χ0v) is 14.3. The second-order valence-corrected chi connectivity index (χ2v) is 6.68. The first-order chi connectivity index (χ1) is 11.3. The number of anilines is 1. The Morgan fingerprint density at radius 1 is 0.958 bits per heavy atom. The summed E-state index contributed by atoms with van der Waals surface area (Å²) in [6.07, 6.45) is 3.12. The number of benzene rings is 1. The fraction of sp³-hybridized carbons (Fsp3) is 0.316. The molecule has 0 aliphatic carbocycles. The molecule has 2 aromatic rings. The fourth-order valence-corrected chi connectivity index (χ4v) is 2.17. The zero-order chi connectivity index (χ0) is 17.6. The van der Waals surface area contributed by atoms with Gasteiger partial charge in [-0.15, -0.1) is 0 Å². The number of hydrogen-bond donors (Lipinski definition) is 2. The normalized spacial score (nSPS) is 11.0. The maximum absolute atomic E-state index is 11.9. The van der Waals surface area contributed by atoms with Crippen molar-refractivity contribution in [2.24, 2.45) is 0 Å². The topological polar surface area (TPSA) is 71.1 Å². The minimum atomic E-state index is -0.328. The number of carbonyl (C=O) groups is 2. The molecule has 0 fully saturated rings. The highest BCUT2D eigenvalue weighted by Gasteiger charge is 2.14. The molecule has 0 saturated carbocycles. The summed E-state index contributed by atoms with van der Waals surface area (Å²) >= 11 is 0. The minimum absolute atomic E-state index is 0.0649. The van der Waals surface area contributed by atoms with Crippen LogP contribution in [0.15, 0.2) is 48.8 Å². The molecule has 1 aromatic carbocycles. The number of carbonyl (C=O) groups excluding carboxylic acids is 2. The molecular weight excluding hydrogens is 302 g/mol. The maximum atomic E-state index is 11.9. The van der Waals surface area contributed by atoms with Gasteiger partial charge in [-0.3, -0.25) is 14.6 Å². The number of nitrogens with one attached hydrogen (secondary N) is 2. The predicted octanol–water partition coefficient (Wildman–Crippen LogP) is 3.02. The van der Waals surface area contributed by atoms with Crippen molar-refractivity contribution in [3.8, 4) is 0 Å². The first-order valence-electron chi connectivity index (χ1n) is 7.90. The van der Waals surface area contributed by atoms with Crippen molar-refractivity contribution >= 4 is 17.5 Å². The van der Waals surface area contributed by atoms with Gasteiger partial charge in [0.25, 0.3) is 0 Å². The van der Waals surface area contributed by atoms with E-state index >= 15 is 0 Å². The van der Waals surface area contributed by atoms with E-state index in [0.29, 0.717) is 12.2 Å². The van der Waals surface area contributed by atoms with Crippen molar-refractivity contribution in [1.29, 1.82) is 0 Å². The predicted molar refractivity (Wildman–Crippen MR) is 94.5 cm³/mol. The molecule has 0 bridgehead atoms. The van der Waals surface area contributed by atoms with E-state index in [1.54, 1.807) is 12.4 Å². The van der Waals surface area contributed by atoms with Gasteiger partial charge < -0.3 is 10.6 Å². The van der Waals surface area contributed by atoms with Crippen LogP contribution in [0.25, 0.3) is 0 Å². The van der Waals surface area contributed by atoms with E-state index < -0.39 is 0 Å². The van der Waals surface area contributed by atoms with Crippen molar-refractivity contribution in [3.05, 3.63) is 59.9 Å². The van der Waals surface area contributed by atoms with Gasteiger partial charge in [0.15, 0.2) is 0 Å². The summed E-state index contributed by atoms with van der Waals surface area (Å²) < 4.78 is 0. The van der Waals surface area contributed by atoms with Crippen molar-refractivity contribution in [3.63, 3.8) is 0 Å². The first-order valence-corrected chi connectivity index (χ1v) is 7.90. The summed E-state index contributed by atoms with van der Waals surface area (Å²) in [5.41, 5.74) is 2.89. The van der Waals surface area contributed by atoms with Crippen LogP contribution in [0.1, 0.15) is 38.3 Å². The SMILES string of the molecule is CC(C)(C)c1ccc(NC(=O)CC(=O)NCc2ccncc2)cc1. The van der Waals surface area contributed by atoms with E-state index in [1.807, 2.05) is 36.4 Å². The second kappa shape index (κ2) is 7.73. The molecule has 1 heterocycles. The van der Waals surface area contributed by atoms with Crippen molar-refractivity contribution in [1.82, 2.24) is 10.3 Å².